The first-order valence-electron chi connectivity index (χ1n) is 4.52. The third-order valence-corrected chi connectivity index (χ3v) is 2.27. The summed E-state index contributed by atoms with van der Waals surface area (Å²) in [4.78, 5) is 0. The first-order chi connectivity index (χ1) is 4.84. The van der Waals surface area contributed by atoms with E-state index in [1.165, 1.54) is 32.1 Å². The van der Waals surface area contributed by atoms with Gasteiger partial charge in [-0.15, -0.1) is 0 Å². The van der Waals surface area contributed by atoms with E-state index in [1.807, 2.05) is 0 Å². The van der Waals surface area contributed by atoms with Gasteiger partial charge in [-0.25, -0.2) is 0 Å². The SMILES string of the molecule is CCCCCC(O)C1CC1. The summed E-state index contributed by atoms with van der Waals surface area (Å²) in [6, 6.07) is 0. The van der Waals surface area contributed by atoms with Crippen molar-refractivity contribution < 1.29 is 5.11 Å². The normalized spacial score (nSPS) is 21.0. The van der Waals surface area contributed by atoms with Crippen molar-refractivity contribution in [1.29, 1.82) is 0 Å². The third kappa shape index (κ3) is 2.70. The Morgan fingerprint density at radius 3 is 2.60 bits per heavy atom. The highest BCUT2D eigenvalue weighted by molar-refractivity contribution is 4.80. The van der Waals surface area contributed by atoms with Crippen LogP contribution in [0.3, 0.4) is 0 Å². The maximum atomic E-state index is 9.42. The van der Waals surface area contributed by atoms with Crippen molar-refractivity contribution in [2.24, 2.45) is 5.92 Å². The minimum Gasteiger partial charge on any atom is -0.393 e. The average molecular weight is 142 g/mol. The summed E-state index contributed by atoms with van der Waals surface area (Å²) < 4.78 is 0. The van der Waals surface area contributed by atoms with Crippen LogP contribution in [-0.2, 0) is 0 Å². The molecule has 0 aliphatic heterocycles. The number of unbranched alkanes of at least 4 members (excludes halogenated alkanes) is 2. The van der Waals surface area contributed by atoms with E-state index in [4.69, 9.17) is 0 Å². The van der Waals surface area contributed by atoms with E-state index in [9.17, 15) is 5.11 Å². The lowest BCUT2D eigenvalue weighted by Gasteiger charge is -2.06. The average Bonchev–Trinajstić information content (AvgIpc) is 2.69. The van der Waals surface area contributed by atoms with Crippen LogP contribution >= 0.6 is 0 Å². The predicted octanol–water partition coefficient (Wildman–Crippen LogP) is 2.34. The smallest absolute Gasteiger partial charge is 0.0568 e. The van der Waals surface area contributed by atoms with E-state index in [2.05, 4.69) is 6.92 Å². The van der Waals surface area contributed by atoms with Crippen LogP contribution < -0.4 is 0 Å². The molecule has 1 aliphatic carbocycles. The third-order valence-electron chi connectivity index (χ3n) is 2.27. The van der Waals surface area contributed by atoms with Gasteiger partial charge >= 0.3 is 0 Å². The zero-order valence-corrected chi connectivity index (χ0v) is 6.84. The first-order valence-corrected chi connectivity index (χ1v) is 4.52. The number of hydrogen-bond donors (Lipinski definition) is 1. The Hall–Kier alpha value is -0.0400. The van der Waals surface area contributed by atoms with Gasteiger partial charge < -0.3 is 5.11 Å². The topological polar surface area (TPSA) is 20.2 Å². The molecule has 0 bridgehead atoms. The van der Waals surface area contributed by atoms with Crippen LogP contribution in [0.25, 0.3) is 0 Å². The molecule has 60 valence electrons. The van der Waals surface area contributed by atoms with E-state index in [-0.39, 0.29) is 6.10 Å². The van der Waals surface area contributed by atoms with Gasteiger partial charge in [0, 0.05) is 0 Å². The van der Waals surface area contributed by atoms with Gasteiger partial charge in [0.15, 0.2) is 0 Å². The van der Waals surface area contributed by atoms with Crippen LogP contribution in [0.5, 0.6) is 0 Å². The van der Waals surface area contributed by atoms with E-state index >= 15 is 0 Å². The largest absolute Gasteiger partial charge is 0.393 e. The molecule has 1 nitrogen and oxygen atoms in total. The van der Waals surface area contributed by atoms with Crippen molar-refractivity contribution in [2.45, 2.75) is 51.6 Å². The van der Waals surface area contributed by atoms with Crippen LogP contribution in [0.2, 0.25) is 0 Å². The Balaban J connectivity index is 1.90. The first kappa shape index (κ1) is 8.06. The summed E-state index contributed by atoms with van der Waals surface area (Å²) in [5.41, 5.74) is 0. The Labute approximate surface area is 63.4 Å². The monoisotopic (exact) mass is 142 g/mol. The Bertz CT molecular complexity index is 86.7. The van der Waals surface area contributed by atoms with Gasteiger partial charge in [-0.3, -0.25) is 0 Å². The Morgan fingerprint density at radius 2 is 2.10 bits per heavy atom. The fraction of sp³-hybridized carbons (Fsp3) is 1.00. The maximum Gasteiger partial charge on any atom is 0.0568 e. The minimum absolute atomic E-state index is 0.0338. The molecule has 1 heteroatoms. The highest BCUT2D eigenvalue weighted by Crippen LogP contribution is 2.34. The van der Waals surface area contributed by atoms with Crippen LogP contribution in [0.15, 0.2) is 0 Å². The lowest BCUT2D eigenvalue weighted by Crippen LogP contribution is -2.08. The lowest BCUT2D eigenvalue weighted by atomic mass is 10.1. The number of aliphatic hydroxyl groups excluding tert-OH is 1. The van der Waals surface area contributed by atoms with Gasteiger partial charge in [-0.05, 0) is 25.2 Å². The molecule has 0 aromatic heterocycles. The second-order valence-electron chi connectivity index (χ2n) is 3.40. The standard InChI is InChI=1S/C9H18O/c1-2-3-4-5-9(10)8-6-7-8/h8-10H,2-7H2,1H3. The molecule has 0 radical (unpaired) electrons. The van der Waals surface area contributed by atoms with Gasteiger partial charge in [0.25, 0.3) is 0 Å². The van der Waals surface area contributed by atoms with Crippen molar-refractivity contribution >= 4 is 0 Å². The van der Waals surface area contributed by atoms with Crippen molar-refractivity contribution in [1.82, 2.24) is 0 Å². The van der Waals surface area contributed by atoms with Gasteiger partial charge in [0.2, 0.25) is 0 Å². The molecular formula is C9H18O. The summed E-state index contributed by atoms with van der Waals surface area (Å²) in [6.07, 6.45) is 7.38. The number of rotatable bonds is 5. The van der Waals surface area contributed by atoms with Crippen LogP contribution in [-0.4, -0.2) is 11.2 Å². The molecule has 10 heavy (non-hydrogen) atoms. The second kappa shape index (κ2) is 3.97. The minimum atomic E-state index is 0.0338. The van der Waals surface area contributed by atoms with Crippen LogP contribution in [0, 0.1) is 5.92 Å². The van der Waals surface area contributed by atoms with E-state index in [1.54, 1.807) is 0 Å². The molecule has 0 aromatic carbocycles. The molecular weight excluding hydrogens is 124 g/mol. The lowest BCUT2D eigenvalue weighted by molar-refractivity contribution is 0.138. The van der Waals surface area contributed by atoms with Gasteiger partial charge in [-0.2, -0.15) is 0 Å². The van der Waals surface area contributed by atoms with Gasteiger partial charge in [0.05, 0.1) is 6.10 Å². The maximum absolute atomic E-state index is 9.42. The van der Waals surface area contributed by atoms with Crippen molar-refractivity contribution in [3.8, 4) is 0 Å². The van der Waals surface area contributed by atoms with E-state index in [0.29, 0.717) is 5.92 Å². The summed E-state index contributed by atoms with van der Waals surface area (Å²) in [5.74, 6) is 0.678. The molecule has 0 heterocycles. The van der Waals surface area contributed by atoms with Gasteiger partial charge in [-0.1, -0.05) is 26.2 Å². The molecule has 0 aromatic rings. The van der Waals surface area contributed by atoms with Crippen LogP contribution in [0.1, 0.15) is 45.4 Å². The molecule has 1 unspecified atom stereocenters. The zero-order chi connectivity index (χ0) is 7.40. The molecule has 1 atom stereocenters. The fourth-order valence-electron chi connectivity index (χ4n) is 1.32. The highest BCUT2D eigenvalue weighted by atomic mass is 16.3. The van der Waals surface area contributed by atoms with Gasteiger partial charge in [0.1, 0.15) is 0 Å². The molecule has 0 spiro atoms. The number of aliphatic hydroxyl groups is 1. The van der Waals surface area contributed by atoms with Crippen molar-refractivity contribution in [3.63, 3.8) is 0 Å². The summed E-state index contributed by atoms with van der Waals surface area (Å²) in [7, 11) is 0. The van der Waals surface area contributed by atoms with Crippen molar-refractivity contribution in [2.75, 3.05) is 0 Å². The second-order valence-corrected chi connectivity index (χ2v) is 3.40. The fourth-order valence-corrected chi connectivity index (χ4v) is 1.32. The summed E-state index contributed by atoms with van der Waals surface area (Å²) >= 11 is 0. The highest BCUT2D eigenvalue weighted by Gasteiger charge is 2.28. The molecule has 0 saturated heterocycles. The van der Waals surface area contributed by atoms with E-state index in [0.717, 1.165) is 6.42 Å². The number of hydrogen-bond acceptors (Lipinski definition) is 1. The zero-order valence-electron chi connectivity index (χ0n) is 6.84. The molecule has 1 N–H and O–H groups in total. The van der Waals surface area contributed by atoms with E-state index < -0.39 is 0 Å². The molecule has 1 saturated carbocycles. The summed E-state index contributed by atoms with van der Waals surface area (Å²) in [5, 5.41) is 9.42. The molecule has 1 aliphatic rings. The molecule has 1 fully saturated rings. The predicted molar refractivity (Wildman–Crippen MR) is 42.9 cm³/mol. The Morgan fingerprint density at radius 1 is 1.40 bits per heavy atom. The molecule has 1 rings (SSSR count). The van der Waals surface area contributed by atoms with Crippen molar-refractivity contribution in [3.05, 3.63) is 0 Å². The molecule has 0 amide bonds. The quantitative estimate of drug-likeness (QED) is 0.584. The Kier molecular flexibility index (Phi) is 3.20. The van der Waals surface area contributed by atoms with Crippen LogP contribution in [0.4, 0.5) is 0 Å². The summed E-state index contributed by atoms with van der Waals surface area (Å²) in [6.45, 7) is 2.20.